The van der Waals surface area contributed by atoms with Gasteiger partial charge in [-0.25, -0.2) is 0 Å². The molecule has 1 aromatic carbocycles. The van der Waals surface area contributed by atoms with Crippen LogP contribution in [0.5, 0.6) is 0 Å². The number of piperidine rings is 1. The molecule has 2 nitrogen and oxygen atoms in total. The van der Waals surface area contributed by atoms with Crippen LogP contribution in [0.2, 0.25) is 0 Å². The Labute approximate surface area is 111 Å². The molecule has 2 heteroatoms. The number of nitrogens with two attached hydrogens (primary N) is 1. The van der Waals surface area contributed by atoms with Crippen molar-refractivity contribution in [3.05, 3.63) is 34.9 Å². The first-order chi connectivity index (χ1) is 8.61. The van der Waals surface area contributed by atoms with Crippen molar-refractivity contribution in [3.63, 3.8) is 0 Å². The second kappa shape index (κ2) is 5.85. The lowest BCUT2D eigenvalue weighted by Gasteiger charge is -2.36. The molecule has 2 unspecified atom stereocenters. The first-order valence-corrected chi connectivity index (χ1v) is 7.14. The fourth-order valence-electron chi connectivity index (χ4n) is 2.93. The number of benzene rings is 1. The molecule has 2 N–H and O–H groups in total. The fourth-order valence-corrected chi connectivity index (χ4v) is 2.93. The van der Waals surface area contributed by atoms with E-state index >= 15 is 0 Å². The number of hydrogen-bond acceptors (Lipinski definition) is 2. The standard InChI is InChI=1S/C16H26N2/c1-4-14-10-18(9-8-16(14)17)11-15-7-5-6-12(2)13(15)3/h5-7,14,16H,4,8-11,17H2,1-3H3. The molecule has 1 aliphatic rings. The zero-order valence-electron chi connectivity index (χ0n) is 11.9. The van der Waals surface area contributed by atoms with Gasteiger partial charge in [0, 0.05) is 19.1 Å². The van der Waals surface area contributed by atoms with Gasteiger partial charge in [-0.2, -0.15) is 0 Å². The van der Waals surface area contributed by atoms with Crippen molar-refractivity contribution in [2.24, 2.45) is 11.7 Å². The van der Waals surface area contributed by atoms with E-state index < -0.39 is 0 Å². The van der Waals surface area contributed by atoms with E-state index in [2.05, 4.69) is 43.9 Å². The maximum atomic E-state index is 6.17. The highest BCUT2D eigenvalue weighted by Crippen LogP contribution is 2.22. The zero-order valence-corrected chi connectivity index (χ0v) is 11.9. The van der Waals surface area contributed by atoms with Crippen LogP contribution < -0.4 is 5.73 Å². The van der Waals surface area contributed by atoms with E-state index in [1.54, 1.807) is 0 Å². The van der Waals surface area contributed by atoms with Crippen LogP contribution in [-0.4, -0.2) is 24.0 Å². The fraction of sp³-hybridized carbons (Fsp3) is 0.625. The summed E-state index contributed by atoms with van der Waals surface area (Å²) >= 11 is 0. The SMILES string of the molecule is CCC1CN(Cc2cccc(C)c2C)CCC1N. The van der Waals surface area contributed by atoms with Gasteiger partial charge in [0.2, 0.25) is 0 Å². The van der Waals surface area contributed by atoms with Crippen LogP contribution in [0.1, 0.15) is 36.5 Å². The minimum atomic E-state index is 0.407. The molecule has 1 saturated heterocycles. The van der Waals surface area contributed by atoms with Crippen molar-refractivity contribution in [2.75, 3.05) is 13.1 Å². The molecule has 1 aromatic rings. The van der Waals surface area contributed by atoms with Gasteiger partial charge in [-0.1, -0.05) is 31.5 Å². The summed E-state index contributed by atoms with van der Waals surface area (Å²) in [6, 6.07) is 7.03. The maximum Gasteiger partial charge on any atom is 0.0236 e. The van der Waals surface area contributed by atoms with E-state index in [9.17, 15) is 0 Å². The van der Waals surface area contributed by atoms with E-state index in [0.717, 1.165) is 26.1 Å². The Bertz CT molecular complexity index is 400. The topological polar surface area (TPSA) is 29.3 Å². The molecule has 0 aliphatic carbocycles. The Morgan fingerprint density at radius 2 is 2.11 bits per heavy atom. The molecule has 0 aromatic heterocycles. The summed E-state index contributed by atoms with van der Waals surface area (Å²) < 4.78 is 0. The lowest BCUT2D eigenvalue weighted by Crippen LogP contribution is -2.46. The van der Waals surface area contributed by atoms with Crippen LogP contribution in [-0.2, 0) is 6.54 Å². The number of nitrogens with zero attached hydrogens (tertiary/aromatic N) is 1. The van der Waals surface area contributed by atoms with Crippen LogP contribution in [0, 0.1) is 19.8 Å². The minimum Gasteiger partial charge on any atom is -0.327 e. The second-order valence-corrected chi connectivity index (χ2v) is 5.72. The molecule has 2 rings (SSSR count). The molecule has 0 bridgehead atoms. The first-order valence-electron chi connectivity index (χ1n) is 7.14. The van der Waals surface area contributed by atoms with E-state index in [1.807, 2.05) is 0 Å². The molecule has 0 spiro atoms. The molecule has 0 radical (unpaired) electrons. The Morgan fingerprint density at radius 3 is 2.83 bits per heavy atom. The highest BCUT2D eigenvalue weighted by Gasteiger charge is 2.25. The third kappa shape index (κ3) is 2.93. The van der Waals surface area contributed by atoms with Crippen molar-refractivity contribution < 1.29 is 0 Å². The van der Waals surface area contributed by atoms with Gasteiger partial charge in [-0.05, 0) is 49.4 Å². The minimum absolute atomic E-state index is 0.407. The van der Waals surface area contributed by atoms with Crippen LogP contribution in [0.3, 0.4) is 0 Å². The Hall–Kier alpha value is -0.860. The van der Waals surface area contributed by atoms with Gasteiger partial charge in [0.1, 0.15) is 0 Å². The molecular weight excluding hydrogens is 220 g/mol. The lowest BCUT2D eigenvalue weighted by molar-refractivity contribution is 0.145. The third-order valence-electron chi connectivity index (χ3n) is 4.51. The smallest absolute Gasteiger partial charge is 0.0236 e. The Balaban J connectivity index is 2.03. The average molecular weight is 246 g/mol. The van der Waals surface area contributed by atoms with E-state index in [0.29, 0.717) is 12.0 Å². The zero-order chi connectivity index (χ0) is 13.1. The molecule has 2 atom stereocenters. The van der Waals surface area contributed by atoms with E-state index in [1.165, 1.54) is 23.1 Å². The van der Waals surface area contributed by atoms with Crippen molar-refractivity contribution in [2.45, 2.75) is 46.2 Å². The molecule has 0 amide bonds. The number of hydrogen-bond donors (Lipinski definition) is 1. The van der Waals surface area contributed by atoms with E-state index in [4.69, 9.17) is 5.73 Å². The summed E-state index contributed by atoms with van der Waals surface area (Å²) in [5, 5.41) is 0. The van der Waals surface area contributed by atoms with Gasteiger partial charge in [0.15, 0.2) is 0 Å². The summed E-state index contributed by atoms with van der Waals surface area (Å²) in [7, 11) is 0. The summed E-state index contributed by atoms with van der Waals surface area (Å²) in [6.45, 7) is 10.1. The summed E-state index contributed by atoms with van der Waals surface area (Å²) in [5.74, 6) is 0.670. The highest BCUT2D eigenvalue weighted by atomic mass is 15.1. The summed E-state index contributed by atoms with van der Waals surface area (Å²) in [6.07, 6.45) is 2.34. The molecule has 100 valence electrons. The Kier molecular flexibility index (Phi) is 4.41. The van der Waals surface area contributed by atoms with Crippen LogP contribution in [0.15, 0.2) is 18.2 Å². The van der Waals surface area contributed by atoms with Gasteiger partial charge < -0.3 is 5.73 Å². The van der Waals surface area contributed by atoms with Crippen molar-refractivity contribution in [1.29, 1.82) is 0 Å². The molecular formula is C16H26N2. The predicted molar refractivity (Wildman–Crippen MR) is 77.6 cm³/mol. The van der Waals surface area contributed by atoms with Crippen molar-refractivity contribution in [1.82, 2.24) is 4.90 Å². The molecule has 1 fully saturated rings. The average Bonchev–Trinajstić information content (AvgIpc) is 2.37. The van der Waals surface area contributed by atoms with Gasteiger partial charge in [-0.15, -0.1) is 0 Å². The normalized spacial score (nSPS) is 25.3. The summed E-state index contributed by atoms with van der Waals surface area (Å²) in [4.78, 5) is 2.57. The molecule has 1 heterocycles. The number of rotatable bonds is 3. The van der Waals surface area contributed by atoms with Crippen LogP contribution in [0.25, 0.3) is 0 Å². The van der Waals surface area contributed by atoms with Crippen LogP contribution >= 0.6 is 0 Å². The van der Waals surface area contributed by atoms with Crippen molar-refractivity contribution >= 4 is 0 Å². The van der Waals surface area contributed by atoms with Crippen LogP contribution in [0.4, 0.5) is 0 Å². The lowest BCUT2D eigenvalue weighted by atomic mass is 9.90. The largest absolute Gasteiger partial charge is 0.327 e. The molecule has 0 saturated carbocycles. The van der Waals surface area contributed by atoms with Gasteiger partial charge in [0.25, 0.3) is 0 Å². The first kappa shape index (κ1) is 13.6. The molecule has 18 heavy (non-hydrogen) atoms. The second-order valence-electron chi connectivity index (χ2n) is 5.72. The Morgan fingerprint density at radius 1 is 1.33 bits per heavy atom. The predicted octanol–water partition coefficient (Wildman–Crippen LogP) is 2.86. The highest BCUT2D eigenvalue weighted by molar-refractivity contribution is 5.33. The van der Waals surface area contributed by atoms with Crippen molar-refractivity contribution in [3.8, 4) is 0 Å². The van der Waals surface area contributed by atoms with Gasteiger partial charge >= 0.3 is 0 Å². The van der Waals surface area contributed by atoms with Gasteiger partial charge in [0.05, 0.1) is 0 Å². The molecule has 1 aliphatic heterocycles. The number of aryl methyl sites for hydroxylation is 1. The third-order valence-corrected chi connectivity index (χ3v) is 4.51. The van der Waals surface area contributed by atoms with E-state index in [-0.39, 0.29) is 0 Å². The maximum absolute atomic E-state index is 6.17. The monoisotopic (exact) mass is 246 g/mol. The number of likely N-dealkylation sites (tertiary alicyclic amines) is 1. The van der Waals surface area contributed by atoms with Gasteiger partial charge in [-0.3, -0.25) is 4.90 Å². The quantitative estimate of drug-likeness (QED) is 0.888. The summed E-state index contributed by atoms with van der Waals surface area (Å²) in [5.41, 5.74) is 10.5.